The minimum Gasteiger partial charge on any atom is -0.388 e. The fourth-order valence-electron chi connectivity index (χ4n) is 3.20. The van der Waals surface area contributed by atoms with E-state index in [0.717, 1.165) is 50.4 Å². The van der Waals surface area contributed by atoms with Gasteiger partial charge in [-0.05, 0) is 25.7 Å². The van der Waals surface area contributed by atoms with Crippen molar-refractivity contribution in [2.24, 2.45) is 0 Å². The zero-order valence-electron chi connectivity index (χ0n) is 12.0. The molecule has 0 unspecified atom stereocenters. The second-order valence-electron chi connectivity index (χ2n) is 6.09. The van der Waals surface area contributed by atoms with Crippen LogP contribution >= 0.6 is 0 Å². The molecule has 5 nitrogen and oxygen atoms in total. The van der Waals surface area contributed by atoms with E-state index in [9.17, 15) is 5.11 Å². The Labute approximate surface area is 120 Å². The lowest BCUT2D eigenvalue weighted by Crippen LogP contribution is -2.39. The zero-order valence-corrected chi connectivity index (χ0v) is 12.0. The summed E-state index contributed by atoms with van der Waals surface area (Å²) in [5.41, 5.74) is -0.559. The average Bonchev–Trinajstić information content (AvgIpc) is 3.01. The van der Waals surface area contributed by atoms with Crippen LogP contribution in [0, 0.1) is 0 Å². The number of hydrogen-bond acceptors (Lipinski definition) is 5. The monoisotopic (exact) mass is 276 g/mol. The van der Waals surface area contributed by atoms with Gasteiger partial charge in [-0.2, -0.15) is 0 Å². The first-order chi connectivity index (χ1) is 9.75. The Bertz CT molecular complexity index is 439. The lowest BCUT2D eigenvalue weighted by molar-refractivity contribution is 0.0166. The zero-order chi connectivity index (χ0) is 13.8. The van der Waals surface area contributed by atoms with Crippen LogP contribution in [0.2, 0.25) is 0 Å². The van der Waals surface area contributed by atoms with Crippen LogP contribution in [0.3, 0.4) is 0 Å². The average molecular weight is 276 g/mol. The second kappa shape index (κ2) is 5.95. The van der Waals surface area contributed by atoms with E-state index in [2.05, 4.69) is 20.2 Å². The van der Waals surface area contributed by atoms with Crippen molar-refractivity contribution in [2.45, 2.75) is 50.5 Å². The van der Waals surface area contributed by atoms with Crippen LogP contribution in [0.4, 0.5) is 11.6 Å². The molecular formula is C15H24N4O. The minimum atomic E-state index is -0.559. The maximum absolute atomic E-state index is 10.5. The summed E-state index contributed by atoms with van der Waals surface area (Å²) in [4.78, 5) is 10.9. The van der Waals surface area contributed by atoms with Gasteiger partial charge in [-0.15, -0.1) is 0 Å². The predicted molar refractivity (Wildman–Crippen MR) is 80.0 cm³/mol. The molecule has 1 aliphatic carbocycles. The van der Waals surface area contributed by atoms with E-state index < -0.39 is 5.60 Å². The molecule has 2 fully saturated rings. The molecule has 2 aliphatic rings. The highest BCUT2D eigenvalue weighted by Crippen LogP contribution is 2.28. The van der Waals surface area contributed by atoms with Crippen molar-refractivity contribution in [1.29, 1.82) is 0 Å². The summed E-state index contributed by atoms with van der Waals surface area (Å²) >= 11 is 0. The van der Waals surface area contributed by atoms with E-state index in [1.54, 1.807) is 6.33 Å². The maximum Gasteiger partial charge on any atom is 0.134 e. The van der Waals surface area contributed by atoms with E-state index in [0.29, 0.717) is 6.54 Å². The first-order valence-corrected chi connectivity index (χ1v) is 7.78. The highest BCUT2D eigenvalue weighted by molar-refractivity contribution is 5.49. The standard InChI is InChI=1S/C15H24N4O/c20-15(6-2-1-3-7-15)11-16-13-10-14(18-12-17-13)19-8-4-5-9-19/h10,12,20H,1-9,11H2,(H,16,17,18). The van der Waals surface area contributed by atoms with Crippen LogP contribution in [-0.2, 0) is 0 Å². The molecule has 0 bridgehead atoms. The third kappa shape index (κ3) is 3.20. The van der Waals surface area contributed by atoms with Crippen molar-refractivity contribution in [3.63, 3.8) is 0 Å². The number of aliphatic hydroxyl groups is 1. The molecule has 3 rings (SSSR count). The molecule has 0 aromatic carbocycles. The Balaban J connectivity index is 1.60. The smallest absolute Gasteiger partial charge is 0.134 e. The van der Waals surface area contributed by atoms with Crippen molar-refractivity contribution in [2.75, 3.05) is 29.9 Å². The molecule has 0 amide bonds. The van der Waals surface area contributed by atoms with Gasteiger partial charge in [0.2, 0.25) is 0 Å². The van der Waals surface area contributed by atoms with E-state index in [1.165, 1.54) is 19.3 Å². The predicted octanol–water partition coefficient (Wildman–Crippen LogP) is 2.18. The van der Waals surface area contributed by atoms with Crippen molar-refractivity contribution < 1.29 is 5.11 Å². The van der Waals surface area contributed by atoms with Gasteiger partial charge < -0.3 is 15.3 Å². The number of aromatic nitrogens is 2. The van der Waals surface area contributed by atoms with Gasteiger partial charge in [-0.1, -0.05) is 19.3 Å². The number of anilines is 2. The highest BCUT2D eigenvalue weighted by atomic mass is 16.3. The number of hydrogen-bond donors (Lipinski definition) is 2. The van der Waals surface area contributed by atoms with Crippen molar-refractivity contribution in [3.05, 3.63) is 12.4 Å². The van der Waals surface area contributed by atoms with E-state index in [4.69, 9.17) is 0 Å². The van der Waals surface area contributed by atoms with Crippen molar-refractivity contribution in [1.82, 2.24) is 9.97 Å². The summed E-state index contributed by atoms with van der Waals surface area (Å²) in [6.45, 7) is 2.75. The third-order valence-corrected chi connectivity index (χ3v) is 4.47. The van der Waals surface area contributed by atoms with Crippen LogP contribution in [0.5, 0.6) is 0 Å². The van der Waals surface area contributed by atoms with Crippen LogP contribution < -0.4 is 10.2 Å². The molecule has 1 aromatic rings. The first kappa shape index (κ1) is 13.6. The van der Waals surface area contributed by atoms with E-state index >= 15 is 0 Å². The van der Waals surface area contributed by atoms with Crippen LogP contribution in [0.15, 0.2) is 12.4 Å². The summed E-state index contributed by atoms with van der Waals surface area (Å²) in [6.07, 6.45) is 9.38. The largest absolute Gasteiger partial charge is 0.388 e. The van der Waals surface area contributed by atoms with Gasteiger partial charge in [0.1, 0.15) is 18.0 Å². The third-order valence-electron chi connectivity index (χ3n) is 4.47. The molecule has 20 heavy (non-hydrogen) atoms. The van der Waals surface area contributed by atoms with Gasteiger partial charge >= 0.3 is 0 Å². The second-order valence-corrected chi connectivity index (χ2v) is 6.09. The molecule has 1 saturated heterocycles. The Morgan fingerprint density at radius 1 is 1.10 bits per heavy atom. The molecule has 2 N–H and O–H groups in total. The summed E-state index contributed by atoms with van der Waals surface area (Å²) in [6, 6.07) is 2.00. The molecule has 0 atom stereocenters. The topological polar surface area (TPSA) is 61.3 Å². The van der Waals surface area contributed by atoms with Crippen LogP contribution in [0.1, 0.15) is 44.9 Å². The van der Waals surface area contributed by atoms with Gasteiger partial charge in [-0.25, -0.2) is 9.97 Å². The molecule has 1 aromatic heterocycles. The Kier molecular flexibility index (Phi) is 4.05. The normalized spacial score (nSPS) is 21.9. The van der Waals surface area contributed by atoms with Gasteiger partial charge in [0.15, 0.2) is 0 Å². The van der Waals surface area contributed by atoms with E-state index in [1.807, 2.05) is 6.07 Å². The van der Waals surface area contributed by atoms with Gasteiger partial charge in [0.25, 0.3) is 0 Å². The number of nitrogens with one attached hydrogen (secondary N) is 1. The van der Waals surface area contributed by atoms with Crippen molar-refractivity contribution in [3.8, 4) is 0 Å². The summed E-state index contributed by atoms with van der Waals surface area (Å²) in [5.74, 6) is 1.82. The van der Waals surface area contributed by atoms with Gasteiger partial charge in [0, 0.05) is 25.7 Å². The molecule has 0 radical (unpaired) electrons. The SMILES string of the molecule is OC1(CNc2cc(N3CCCC3)ncn2)CCCCC1. The fourth-order valence-corrected chi connectivity index (χ4v) is 3.20. The first-order valence-electron chi connectivity index (χ1n) is 7.78. The lowest BCUT2D eigenvalue weighted by Gasteiger charge is -2.32. The van der Waals surface area contributed by atoms with Crippen LogP contribution in [-0.4, -0.2) is 40.3 Å². The highest BCUT2D eigenvalue weighted by Gasteiger charge is 2.28. The number of rotatable bonds is 4. The Morgan fingerprint density at radius 3 is 2.60 bits per heavy atom. The van der Waals surface area contributed by atoms with Crippen molar-refractivity contribution >= 4 is 11.6 Å². The molecule has 0 spiro atoms. The fraction of sp³-hybridized carbons (Fsp3) is 0.733. The summed E-state index contributed by atoms with van der Waals surface area (Å²) in [7, 11) is 0. The molecule has 5 heteroatoms. The Morgan fingerprint density at radius 2 is 1.85 bits per heavy atom. The number of nitrogens with zero attached hydrogens (tertiary/aromatic N) is 3. The maximum atomic E-state index is 10.5. The summed E-state index contributed by atoms with van der Waals surface area (Å²) in [5, 5.41) is 13.8. The Hall–Kier alpha value is -1.36. The van der Waals surface area contributed by atoms with Crippen LogP contribution in [0.25, 0.3) is 0 Å². The van der Waals surface area contributed by atoms with Gasteiger partial charge in [-0.3, -0.25) is 0 Å². The molecule has 1 saturated carbocycles. The van der Waals surface area contributed by atoms with E-state index in [-0.39, 0.29) is 0 Å². The summed E-state index contributed by atoms with van der Waals surface area (Å²) < 4.78 is 0. The van der Waals surface area contributed by atoms with Gasteiger partial charge in [0.05, 0.1) is 5.60 Å². The molecular weight excluding hydrogens is 252 g/mol. The molecule has 2 heterocycles. The molecule has 1 aliphatic heterocycles. The quantitative estimate of drug-likeness (QED) is 0.882. The lowest BCUT2D eigenvalue weighted by atomic mass is 9.85. The molecule has 110 valence electrons. The minimum absolute atomic E-state index is 0.559.